The number of carbonyl (C=O) groups excluding carboxylic acids is 2. The van der Waals surface area contributed by atoms with Crippen molar-refractivity contribution in [2.24, 2.45) is 0 Å². The third-order valence-corrected chi connectivity index (χ3v) is 5.79. The molecular formula is C28H28O7. The van der Waals surface area contributed by atoms with Crippen LogP contribution in [-0.4, -0.2) is 54.2 Å². The van der Waals surface area contributed by atoms with Gasteiger partial charge in [-0.1, -0.05) is 66.7 Å². The Labute approximate surface area is 204 Å². The molecule has 0 aliphatic carbocycles. The van der Waals surface area contributed by atoms with Crippen molar-refractivity contribution in [3.8, 4) is 0 Å². The lowest BCUT2D eigenvalue weighted by Gasteiger charge is -2.42. The van der Waals surface area contributed by atoms with Crippen LogP contribution in [0.4, 0.5) is 0 Å². The van der Waals surface area contributed by atoms with Crippen molar-refractivity contribution in [1.29, 1.82) is 0 Å². The fourth-order valence-corrected chi connectivity index (χ4v) is 3.94. The molecule has 1 aliphatic heterocycles. The fourth-order valence-electron chi connectivity index (χ4n) is 3.94. The van der Waals surface area contributed by atoms with Crippen molar-refractivity contribution >= 4 is 11.9 Å². The molecule has 0 saturated carbocycles. The normalized spacial score (nSPS) is 23.9. The van der Waals surface area contributed by atoms with Crippen molar-refractivity contribution in [3.05, 3.63) is 108 Å². The van der Waals surface area contributed by atoms with Gasteiger partial charge in [-0.2, -0.15) is 0 Å². The van der Waals surface area contributed by atoms with Crippen LogP contribution < -0.4 is 0 Å². The van der Waals surface area contributed by atoms with E-state index in [1.165, 1.54) is 0 Å². The summed E-state index contributed by atoms with van der Waals surface area (Å²) < 4.78 is 23.1. The van der Waals surface area contributed by atoms with Crippen LogP contribution >= 0.6 is 0 Å². The van der Waals surface area contributed by atoms with Gasteiger partial charge in [-0.25, -0.2) is 9.59 Å². The number of esters is 2. The van der Waals surface area contributed by atoms with Crippen molar-refractivity contribution in [3.63, 3.8) is 0 Å². The third-order valence-electron chi connectivity index (χ3n) is 5.79. The van der Waals surface area contributed by atoms with E-state index in [-0.39, 0.29) is 6.61 Å². The predicted molar refractivity (Wildman–Crippen MR) is 128 cm³/mol. The summed E-state index contributed by atoms with van der Waals surface area (Å²) in [5.74, 6) is -1.23. The lowest BCUT2D eigenvalue weighted by Crippen LogP contribution is -2.60. The minimum absolute atomic E-state index is 0.0686. The smallest absolute Gasteiger partial charge is 0.338 e. The van der Waals surface area contributed by atoms with Crippen molar-refractivity contribution in [2.75, 3.05) is 6.61 Å². The highest BCUT2D eigenvalue weighted by atomic mass is 16.6. The molecule has 1 saturated heterocycles. The van der Waals surface area contributed by atoms with Gasteiger partial charge < -0.3 is 24.1 Å². The van der Waals surface area contributed by atoms with Crippen LogP contribution in [0.2, 0.25) is 0 Å². The highest BCUT2D eigenvalue weighted by molar-refractivity contribution is 5.90. The molecule has 182 valence electrons. The molecule has 7 heteroatoms. The van der Waals surface area contributed by atoms with Crippen LogP contribution in [0.25, 0.3) is 0 Å². The molecule has 2 unspecified atom stereocenters. The number of carbonyl (C=O) groups is 2. The lowest BCUT2D eigenvalue weighted by atomic mass is 9.95. The SMILES string of the molecule is C[C@@H]1OC(COCc2ccccc2)[C@H](O)[C@H](OC(=O)c2ccccc2)C1OC(=O)c1ccccc1. The second-order valence-corrected chi connectivity index (χ2v) is 8.34. The van der Waals surface area contributed by atoms with Crippen LogP contribution in [0.3, 0.4) is 0 Å². The van der Waals surface area contributed by atoms with Crippen molar-refractivity contribution in [1.82, 2.24) is 0 Å². The molecular weight excluding hydrogens is 448 g/mol. The zero-order valence-corrected chi connectivity index (χ0v) is 19.4. The molecule has 4 rings (SSSR count). The lowest BCUT2D eigenvalue weighted by molar-refractivity contribution is -0.228. The summed E-state index contributed by atoms with van der Waals surface area (Å²) in [6.45, 7) is 2.12. The number of aliphatic hydroxyl groups is 1. The molecule has 0 amide bonds. The highest BCUT2D eigenvalue weighted by Crippen LogP contribution is 2.28. The summed E-state index contributed by atoms with van der Waals surface area (Å²) in [5, 5.41) is 11.1. The molecule has 35 heavy (non-hydrogen) atoms. The summed E-state index contributed by atoms with van der Waals surface area (Å²) in [6, 6.07) is 26.5. The Morgan fingerprint density at radius 3 is 1.80 bits per heavy atom. The Bertz CT molecular complexity index is 1090. The van der Waals surface area contributed by atoms with Gasteiger partial charge in [0.2, 0.25) is 0 Å². The minimum atomic E-state index is -1.27. The van der Waals surface area contributed by atoms with Crippen LogP contribution in [0.15, 0.2) is 91.0 Å². The molecule has 3 aromatic carbocycles. The molecule has 0 spiro atoms. The largest absolute Gasteiger partial charge is 0.452 e. The molecule has 0 aromatic heterocycles. The van der Waals surface area contributed by atoms with E-state index in [2.05, 4.69) is 0 Å². The molecule has 1 N–H and O–H groups in total. The van der Waals surface area contributed by atoms with Crippen molar-refractivity contribution < 1.29 is 33.6 Å². The van der Waals surface area contributed by atoms with E-state index in [0.717, 1.165) is 5.56 Å². The Morgan fingerprint density at radius 2 is 1.26 bits per heavy atom. The van der Waals surface area contributed by atoms with Crippen LogP contribution in [0, 0.1) is 0 Å². The van der Waals surface area contributed by atoms with Gasteiger partial charge in [0.15, 0.2) is 12.2 Å². The van der Waals surface area contributed by atoms with Gasteiger partial charge in [0.25, 0.3) is 0 Å². The minimum Gasteiger partial charge on any atom is -0.452 e. The number of ether oxygens (including phenoxy) is 4. The fraction of sp³-hybridized carbons (Fsp3) is 0.286. The van der Waals surface area contributed by atoms with Gasteiger partial charge >= 0.3 is 11.9 Å². The molecule has 3 aromatic rings. The Kier molecular flexibility index (Phi) is 8.26. The molecule has 5 atom stereocenters. The molecule has 1 heterocycles. The number of aliphatic hydroxyl groups excluding tert-OH is 1. The second-order valence-electron chi connectivity index (χ2n) is 8.34. The predicted octanol–water partition coefficient (Wildman–Crippen LogP) is 3.80. The number of rotatable bonds is 8. The van der Waals surface area contributed by atoms with E-state index in [1.807, 2.05) is 30.3 Å². The van der Waals surface area contributed by atoms with Gasteiger partial charge in [-0.3, -0.25) is 0 Å². The van der Waals surface area contributed by atoms with E-state index in [4.69, 9.17) is 18.9 Å². The first-order chi connectivity index (χ1) is 17.0. The van der Waals surface area contributed by atoms with E-state index in [1.54, 1.807) is 67.6 Å². The Morgan fingerprint density at radius 1 is 0.771 bits per heavy atom. The summed E-state index contributed by atoms with van der Waals surface area (Å²) in [7, 11) is 0. The van der Waals surface area contributed by atoms with Crippen molar-refractivity contribution in [2.45, 2.75) is 44.1 Å². The average molecular weight is 477 g/mol. The molecule has 1 aliphatic rings. The maximum Gasteiger partial charge on any atom is 0.338 e. The Balaban J connectivity index is 1.49. The van der Waals surface area contributed by atoms with Gasteiger partial charge in [-0.15, -0.1) is 0 Å². The van der Waals surface area contributed by atoms with E-state index in [0.29, 0.717) is 17.7 Å². The maximum absolute atomic E-state index is 12.8. The van der Waals surface area contributed by atoms with Crippen LogP contribution in [0.1, 0.15) is 33.2 Å². The quantitative estimate of drug-likeness (QED) is 0.495. The van der Waals surface area contributed by atoms with E-state index in [9.17, 15) is 14.7 Å². The number of benzene rings is 3. The van der Waals surface area contributed by atoms with Crippen LogP contribution in [-0.2, 0) is 25.6 Å². The van der Waals surface area contributed by atoms with Gasteiger partial charge in [0.1, 0.15) is 12.2 Å². The molecule has 0 radical (unpaired) electrons. The summed E-state index contributed by atoms with van der Waals surface area (Å²) in [5.41, 5.74) is 1.65. The second kappa shape index (κ2) is 11.8. The third kappa shape index (κ3) is 6.33. The molecule has 7 nitrogen and oxygen atoms in total. The van der Waals surface area contributed by atoms with Gasteiger partial charge in [-0.05, 0) is 36.8 Å². The first-order valence-electron chi connectivity index (χ1n) is 11.5. The average Bonchev–Trinajstić information content (AvgIpc) is 2.90. The summed E-state index contributed by atoms with van der Waals surface area (Å²) in [4.78, 5) is 25.6. The first-order valence-corrected chi connectivity index (χ1v) is 11.5. The Hall–Kier alpha value is -3.52. The van der Waals surface area contributed by atoms with Crippen LogP contribution in [0.5, 0.6) is 0 Å². The van der Waals surface area contributed by atoms with E-state index < -0.39 is 42.5 Å². The zero-order chi connectivity index (χ0) is 24.6. The highest BCUT2D eigenvalue weighted by Gasteiger charge is 2.48. The van der Waals surface area contributed by atoms with E-state index >= 15 is 0 Å². The molecule has 0 bridgehead atoms. The standard InChI is InChI=1S/C28H28O7/c1-19-25(34-27(30)21-13-7-3-8-14-21)26(35-28(31)22-15-9-4-10-16-22)24(29)23(33-19)18-32-17-20-11-5-2-6-12-20/h2-16,19,23-26,29H,17-18H2,1H3/t19-,23?,24-,25?,26-/m0/s1. The topological polar surface area (TPSA) is 91.3 Å². The molecule has 1 fully saturated rings. The summed E-state index contributed by atoms with van der Waals surface area (Å²) >= 11 is 0. The van der Waals surface area contributed by atoms with Gasteiger partial charge in [0.05, 0.1) is 30.4 Å². The number of hydrogen-bond acceptors (Lipinski definition) is 7. The summed E-state index contributed by atoms with van der Waals surface area (Å²) in [6.07, 6.45) is -4.89. The zero-order valence-electron chi connectivity index (χ0n) is 19.4. The van der Waals surface area contributed by atoms with Gasteiger partial charge in [0, 0.05) is 0 Å². The maximum atomic E-state index is 12.8. The monoisotopic (exact) mass is 476 g/mol. The first kappa shape index (κ1) is 24.6. The number of hydrogen-bond donors (Lipinski definition) is 1.